The highest BCUT2D eigenvalue weighted by Gasteiger charge is 2.43. The van der Waals surface area contributed by atoms with Gasteiger partial charge in [-0.25, -0.2) is 0 Å². The largest absolute Gasteiger partial charge is 0.497 e. The number of amides is 2. The number of hydrogen-bond donors (Lipinski definition) is 1. The van der Waals surface area contributed by atoms with Crippen LogP contribution in [0.4, 0.5) is 5.69 Å². The van der Waals surface area contributed by atoms with E-state index in [0.29, 0.717) is 17.0 Å². The van der Waals surface area contributed by atoms with Crippen molar-refractivity contribution >= 4 is 28.8 Å². The predicted octanol–water partition coefficient (Wildman–Crippen LogP) is 4.31. The first-order valence-corrected chi connectivity index (χ1v) is 9.82. The average molecular weight is 392 g/mol. The number of nitrogens with zero attached hydrogens (tertiary/aromatic N) is 1. The molecule has 2 heterocycles. The summed E-state index contributed by atoms with van der Waals surface area (Å²) in [7, 11) is 3.35. The van der Waals surface area contributed by atoms with E-state index in [2.05, 4.69) is 5.32 Å². The Kier molecular flexibility index (Phi) is 4.88. The van der Waals surface area contributed by atoms with E-state index in [1.165, 1.54) is 0 Å². The number of carbonyl (C=O) groups excluding carboxylic acids is 2. The van der Waals surface area contributed by atoms with E-state index >= 15 is 0 Å². The van der Waals surface area contributed by atoms with E-state index in [1.807, 2.05) is 53.9 Å². The van der Waals surface area contributed by atoms with Crippen LogP contribution in [0.25, 0.3) is 0 Å². The van der Waals surface area contributed by atoms with Gasteiger partial charge in [0.25, 0.3) is 5.91 Å². The highest BCUT2D eigenvalue weighted by molar-refractivity contribution is 7.10. The fraction of sp³-hybridized carbons (Fsp3) is 0.182. The van der Waals surface area contributed by atoms with Gasteiger partial charge in [-0.1, -0.05) is 30.3 Å². The molecule has 5 nitrogen and oxygen atoms in total. The van der Waals surface area contributed by atoms with Gasteiger partial charge in [0, 0.05) is 29.2 Å². The number of methoxy groups -OCH3 is 1. The standard InChI is InChI=1S/C22H20N2O3S/c1-24-20(18-11-6-12-28-18)19(16-9-3-4-10-17(16)22(24)26)21(25)23-14-7-5-8-15(13-14)27-2/h3-13,19-20H,1-2H3,(H,23,25). The lowest BCUT2D eigenvalue weighted by atomic mass is 9.81. The number of fused-ring (bicyclic) bond motifs is 1. The number of likely N-dealkylation sites (N-methyl/N-ethyl adjacent to an activating group) is 1. The minimum absolute atomic E-state index is 0.0700. The van der Waals surface area contributed by atoms with Crippen LogP contribution in [0.15, 0.2) is 66.0 Å². The Balaban J connectivity index is 1.77. The quantitative estimate of drug-likeness (QED) is 0.720. The van der Waals surface area contributed by atoms with E-state index < -0.39 is 5.92 Å². The van der Waals surface area contributed by atoms with E-state index in [-0.39, 0.29) is 17.9 Å². The van der Waals surface area contributed by atoms with Crippen LogP contribution in [0.3, 0.4) is 0 Å². The van der Waals surface area contributed by atoms with Gasteiger partial charge in [0.05, 0.1) is 19.1 Å². The van der Waals surface area contributed by atoms with Gasteiger partial charge in [-0.3, -0.25) is 9.59 Å². The molecule has 2 atom stereocenters. The highest BCUT2D eigenvalue weighted by Crippen LogP contribution is 2.43. The number of nitrogens with one attached hydrogen (secondary N) is 1. The zero-order chi connectivity index (χ0) is 19.7. The second-order valence-corrected chi connectivity index (χ2v) is 7.64. The van der Waals surface area contributed by atoms with Crippen LogP contribution in [-0.2, 0) is 4.79 Å². The van der Waals surface area contributed by atoms with Crippen LogP contribution in [0, 0.1) is 0 Å². The van der Waals surface area contributed by atoms with Crippen molar-refractivity contribution in [2.75, 3.05) is 19.5 Å². The highest BCUT2D eigenvalue weighted by atomic mass is 32.1. The maximum Gasteiger partial charge on any atom is 0.254 e. The van der Waals surface area contributed by atoms with Gasteiger partial charge in [-0.15, -0.1) is 11.3 Å². The lowest BCUT2D eigenvalue weighted by Gasteiger charge is -2.39. The maximum atomic E-state index is 13.4. The van der Waals surface area contributed by atoms with Crippen LogP contribution >= 0.6 is 11.3 Å². The third-order valence-corrected chi connectivity index (χ3v) is 5.98. The fourth-order valence-electron chi connectivity index (χ4n) is 3.69. The third kappa shape index (κ3) is 3.16. The molecule has 0 spiro atoms. The second kappa shape index (κ2) is 7.48. The summed E-state index contributed by atoms with van der Waals surface area (Å²) in [5.41, 5.74) is 1.99. The van der Waals surface area contributed by atoms with Crippen LogP contribution < -0.4 is 10.1 Å². The third-order valence-electron chi connectivity index (χ3n) is 5.03. The molecule has 0 fully saturated rings. The molecule has 28 heavy (non-hydrogen) atoms. The SMILES string of the molecule is COc1cccc(NC(=O)C2c3ccccc3C(=O)N(C)C2c2cccs2)c1. The summed E-state index contributed by atoms with van der Waals surface area (Å²) in [5, 5.41) is 4.97. The van der Waals surface area contributed by atoms with Gasteiger partial charge >= 0.3 is 0 Å². The molecular formula is C22H20N2O3S. The summed E-state index contributed by atoms with van der Waals surface area (Å²) in [6.45, 7) is 0. The van der Waals surface area contributed by atoms with E-state index in [0.717, 1.165) is 10.4 Å². The van der Waals surface area contributed by atoms with Crippen LogP contribution in [0.1, 0.15) is 32.8 Å². The first-order chi connectivity index (χ1) is 13.6. The first kappa shape index (κ1) is 18.3. The number of ether oxygens (including phenoxy) is 1. The van der Waals surface area contributed by atoms with Crippen molar-refractivity contribution in [1.82, 2.24) is 4.90 Å². The predicted molar refractivity (Wildman–Crippen MR) is 110 cm³/mol. The molecule has 2 unspecified atom stereocenters. The zero-order valence-corrected chi connectivity index (χ0v) is 16.4. The average Bonchev–Trinajstić information content (AvgIpc) is 3.25. The molecule has 2 aromatic carbocycles. The van der Waals surface area contributed by atoms with Gasteiger partial charge in [0.2, 0.25) is 5.91 Å². The van der Waals surface area contributed by atoms with Crippen molar-refractivity contribution < 1.29 is 14.3 Å². The van der Waals surface area contributed by atoms with E-state index in [4.69, 9.17) is 4.74 Å². The summed E-state index contributed by atoms with van der Waals surface area (Å²) in [6.07, 6.45) is 0. The van der Waals surface area contributed by atoms with Crippen molar-refractivity contribution in [3.05, 3.63) is 82.0 Å². The van der Waals surface area contributed by atoms with Gasteiger partial charge in [-0.2, -0.15) is 0 Å². The van der Waals surface area contributed by atoms with Crippen molar-refractivity contribution in [3.8, 4) is 5.75 Å². The van der Waals surface area contributed by atoms with E-state index in [1.54, 1.807) is 42.5 Å². The van der Waals surface area contributed by atoms with Crippen molar-refractivity contribution in [2.24, 2.45) is 0 Å². The molecule has 3 aromatic rings. The Morgan fingerprint density at radius 2 is 1.93 bits per heavy atom. The zero-order valence-electron chi connectivity index (χ0n) is 15.6. The normalized spacial score (nSPS) is 18.5. The summed E-state index contributed by atoms with van der Waals surface area (Å²) in [6, 6.07) is 18.2. The molecule has 1 N–H and O–H groups in total. The molecule has 0 aliphatic carbocycles. The minimum Gasteiger partial charge on any atom is -0.497 e. The Labute approximate surface area is 167 Å². The van der Waals surface area contributed by atoms with Crippen LogP contribution in [0.2, 0.25) is 0 Å². The summed E-state index contributed by atoms with van der Waals surface area (Å²) >= 11 is 1.55. The molecule has 142 valence electrons. The number of rotatable bonds is 4. The lowest BCUT2D eigenvalue weighted by molar-refractivity contribution is -0.119. The lowest BCUT2D eigenvalue weighted by Crippen LogP contribution is -2.43. The molecule has 4 rings (SSSR count). The Bertz CT molecular complexity index is 1020. The number of benzene rings is 2. The molecule has 1 aliphatic heterocycles. The Morgan fingerprint density at radius 1 is 1.11 bits per heavy atom. The van der Waals surface area contributed by atoms with Crippen molar-refractivity contribution in [2.45, 2.75) is 12.0 Å². The molecule has 2 amide bonds. The number of anilines is 1. The number of thiophene rings is 1. The molecule has 0 bridgehead atoms. The number of hydrogen-bond acceptors (Lipinski definition) is 4. The summed E-state index contributed by atoms with van der Waals surface area (Å²) < 4.78 is 5.25. The molecule has 0 saturated carbocycles. The molecule has 1 aromatic heterocycles. The Morgan fingerprint density at radius 3 is 2.68 bits per heavy atom. The minimum atomic E-state index is -0.510. The maximum absolute atomic E-state index is 13.4. The molecule has 6 heteroatoms. The van der Waals surface area contributed by atoms with Crippen molar-refractivity contribution in [3.63, 3.8) is 0 Å². The van der Waals surface area contributed by atoms with Crippen LogP contribution in [0.5, 0.6) is 5.75 Å². The van der Waals surface area contributed by atoms with Crippen LogP contribution in [-0.4, -0.2) is 30.9 Å². The van der Waals surface area contributed by atoms with E-state index in [9.17, 15) is 9.59 Å². The van der Waals surface area contributed by atoms with Gasteiger partial charge < -0.3 is 15.0 Å². The monoisotopic (exact) mass is 392 g/mol. The molecule has 0 radical (unpaired) electrons. The summed E-state index contributed by atoms with van der Waals surface area (Å²) in [4.78, 5) is 29.0. The van der Waals surface area contributed by atoms with Gasteiger partial charge in [-0.05, 0) is 35.2 Å². The smallest absolute Gasteiger partial charge is 0.254 e. The van der Waals surface area contributed by atoms with Gasteiger partial charge in [0.15, 0.2) is 0 Å². The second-order valence-electron chi connectivity index (χ2n) is 6.66. The van der Waals surface area contributed by atoms with Gasteiger partial charge in [0.1, 0.15) is 5.75 Å². The Hall–Kier alpha value is -3.12. The first-order valence-electron chi connectivity index (χ1n) is 8.94. The molecule has 0 saturated heterocycles. The topological polar surface area (TPSA) is 58.6 Å². The summed E-state index contributed by atoms with van der Waals surface area (Å²) in [5.74, 6) is -0.0643. The number of carbonyl (C=O) groups is 2. The fourth-order valence-corrected chi connectivity index (χ4v) is 4.60. The van der Waals surface area contributed by atoms with Crippen molar-refractivity contribution in [1.29, 1.82) is 0 Å². The molecular weight excluding hydrogens is 372 g/mol. The molecule has 1 aliphatic rings.